The van der Waals surface area contributed by atoms with Crippen LogP contribution in [0.2, 0.25) is 0 Å². The monoisotopic (exact) mass is 388 g/mol. The molecule has 1 aliphatic rings. The van der Waals surface area contributed by atoms with Gasteiger partial charge in [0, 0.05) is 35.5 Å². The van der Waals surface area contributed by atoms with Gasteiger partial charge >= 0.3 is 6.09 Å². The average Bonchev–Trinajstić information content (AvgIpc) is 2.82. The third kappa shape index (κ3) is 4.23. The van der Waals surface area contributed by atoms with E-state index >= 15 is 0 Å². The van der Waals surface area contributed by atoms with Crippen molar-refractivity contribution in [3.63, 3.8) is 0 Å². The number of rotatable bonds is 1. The van der Waals surface area contributed by atoms with Gasteiger partial charge in [0.15, 0.2) is 0 Å². The van der Waals surface area contributed by atoms with Crippen molar-refractivity contribution in [2.24, 2.45) is 0 Å². The minimum Gasteiger partial charge on any atom is -0.444 e. The van der Waals surface area contributed by atoms with E-state index in [0.29, 0.717) is 24.5 Å². The Balaban J connectivity index is 1.98. The molecule has 0 radical (unpaired) electrons. The zero-order valence-corrected chi connectivity index (χ0v) is 15.7. The van der Waals surface area contributed by atoms with Crippen molar-refractivity contribution < 1.29 is 14.3 Å². The Morgan fingerprint density at radius 1 is 1.36 bits per heavy atom. The number of hydrogen-bond acceptors (Lipinski definition) is 4. The summed E-state index contributed by atoms with van der Waals surface area (Å²) in [6.45, 7) is 9.03. The van der Waals surface area contributed by atoms with E-state index in [2.05, 4.69) is 15.9 Å². The first-order valence-corrected chi connectivity index (χ1v) is 8.87. The molecule has 0 bridgehead atoms. The maximum atomic E-state index is 12.4. The molecule has 22 heavy (non-hydrogen) atoms. The summed E-state index contributed by atoms with van der Waals surface area (Å²) < 4.78 is 6.33. The van der Waals surface area contributed by atoms with Crippen molar-refractivity contribution in [2.45, 2.75) is 39.3 Å². The highest BCUT2D eigenvalue weighted by atomic mass is 79.9. The fourth-order valence-electron chi connectivity index (χ4n) is 2.31. The van der Waals surface area contributed by atoms with Gasteiger partial charge in [0.25, 0.3) is 5.91 Å². The van der Waals surface area contributed by atoms with Crippen molar-refractivity contribution in [3.05, 3.63) is 20.8 Å². The van der Waals surface area contributed by atoms with Crippen molar-refractivity contribution in [2.75, 3.05) is 19.6 Å². The molecule has 1 atom stereocenters. The molecule has 1 aromatic rings. The number of hydrogen-bond donors (Lipinski definition) is 0. The highest BCUT2D eigenvalue weighted by Gasteiger charge is 2.33. The predicted molar refractivity (Wildman–Crippen MR) is 90.3 cm³/mol. The van der Waals surface area contributed by atoms with Crippen molar-refractivity contribution >= 4 is 39.3 Å². The number of ether oxygens (including phenoxy) is 1. The molecule has 2 rings (SSSR count). The van der Waals surface area contributed by atoms with Gasteiger partial charge < -0.3 is 14.5 Å². The van der Waals surface area contributed by atoms with E-state index in [9.17, 15) is 9.59 Å². The minimum atomic E-state index is -0.507. The summed E-state index contributed by atoms with van der Waals surface area (Å²) in [5, 5.41) is 1.90. The molecule has 0 aliphatic carbocycles. The number of amides is 2. The highest BCUT2D eigenvalue weighted by Crippen LogP contribution is 2.23. The van der Waals surface area contributed by atoms with Crippen molar-refractivity contribution in [3.8, 4) is 0 Å². The molecule has 1 saturated heterocycles. The van der Waals surface area contributed by atoms with Crippen LogP contribution in [0, 0.1) is 0 Å². The summed E-state index contributed by atoms with van der Waals surface area (Å²) >= 11 is 4.79. The van der Waals surface area contributed by atoms with E-state index in [1.165, 1.54) is 11.3 Å². The van der Waals surface area contributed by atoms with Crippen LogP contribution in [-0.4, -0.2) is 53.1 Å². The molecule has 0 N–H and O–H groups in total. The molecule has 0 spiro atoms. The predicted octanol–water partition coefficient (Wildman–Crippen LogP) is 3.59. The number of piperazine rings is 1. The van der Waals surface area contributed by atoms with Crippen molar-refractivity contribution in [1.82, 2.24) is 9.80 Å². The summed E-state index contributed by atoms with van der Waals surface area (Å²) in [6, 6.07) is 1.77. The SMILES string of the molecule is C[C@H]1CN(C(=O)c2cc(Br)cs2)CCN1C(=O)OC(C)(C)C. The third-order valence-corrected chi connectivity index (χ3v) is 5.00. The van der Waals surface area contributed by atoms with Gasteiger partial charge in [-0.15, -0.1) is 11.3 Å². The zero-order valence-electron chi connectivity index (χ0n) is 13.3. The summed E-state index contributed by atoms with van der Waals surface area (Å²) in [7, 11) is 0. The van der Waals surface area contributed by atoms with Crippen LogP contribution < -0.4 is 0 Å². The standard InChI is InChI=1S/C15H21BrN2O3S/c1-10-8-17(13(19)12-7-11(16)9-22-12)5-6-18(10)14(20)21-15(2,3)4/h7,9-10H,5-6,8H2,1-4H3/t10-/m0/s1. The highest BCUT2D eigenvalue weighted by molar-refractivity contribution is 9.10. The second kappa shape index (κ2) is 6.58. The average molecular weight is 389 g/mol. The first-order valence-electron chi connectivity index (χ1n) is 7.20. The van der Waals surface area contributed by atoms with Crippen LogP contribution in [0.3, 0.4) is 0 Å². The first kappa shape index (κ1) is 17.3. The number of thiophene rings is 1. The van der Waals surface area contributed by atoms with Crippen LogP contribution >= 0.6 is 27.3 Å². The normalized spacial score (nSPS) is 19.2. The molecule has 0 saturated carbocycles. The summed E-state index contributed by atoms with van der Waals surface area (Å²) in [5.74, 6) is 0.0198. The Kier molecular flexibility index (Phi) is 5.17. The summed E-state index contributed by atoms with van der Waals surface area (Å²) in [5.41, 5.74) is -0.507. The van der Waals surface area contributed by atoms with Gasteiger partial charge in [-0.2, -0.15) is 0 Å². The Hall–Kier alpha value is -1.08. The summed E-state index contributed by atoms with van der Waals surface area (Å²) in [4.78, 5) is 28.8. The van der Waals surface area contributed by atoms with Gasteiger partial charge in [-0.3, -0.25) is 4.79 Å². The maximum Gasteiger partial charge on any atom is 0.410 e. The van der Waals surface area contributed by atoms with Gasteiger partial charge in [-0.25, -0.2) is 4.79 Å². The molecule has 0 unspecified atom stereocenters. The van der Waals surface area contributed by atoms with Crippen LogP contribution in [0.1, 0.15) is 37.4 Å². The van der Waals surface area contributed by atoms with Gasteiger partial charge in [-0.05, 0) is 49.7 Å². The number of carbonyl (C=O) groups is 2. The topological polar surface area (TPSA) is 49.9 Å². The largest absolute Gasteiger partial charge is 0.444 e. The van der Waals surface area contributed by atoms with E-state index in [0.717, 1.165) is 4.47 Å². The van der Waals surface area contributed by atoms with Crippen LogP contribution in [0.4, 0.5) is 4.79 Å². The lowest BCUT2D eigenvalue weighted by Gasteiger charge is -2.40. The lowest BCUT2D eigenvalue weighted by Crippen LogP contribution is -2.56. The number of carbonyl (C=O) groups excluding carboxylic acids is 2. The van der Waals surface area contributed by atoms with Crippen LogP contribution in [0.25, 0.3) is 0 Å². The smallest absolute Gasteiger partial charge is 0.410 e. The zero-order chi connectivity index (χ0) is 16.5. The molecule has 2 amide bonds. The Morgan fingerprint density at radius 2 is 2.05 bits per heavy atom. The molecule has 1 fully saturated rings. The quantitative estimate of drug-likeness (QED) is 0.738. The van der Waals surface area contributed by atoms with Gasteiger partial charge in [-0.1, -0.05) is 0 Å². The number of nitrogens with zero attached hydrogens (tertiary/aromatic N) is 2. The van der Waals surface area contributed by atoms with Gasteiger partial charge in [0.1, 0.15) is 5.60 Å². The van der Waals surface area contributed by atoms with Crippen LogP contribution in [-0.2, 0) is 4.74 Å². The fourth-order valence-corrected chi connectivity index (χ4v) is 3.71. The number of halogens is 1. The Morgan fingerprint density at radius 3 is 2.55 bits per heavy atom. The van der Waals surface area contributed by atoms with Crippen LogP contribution in [0.5, 0.6) is 0 Å². The molecule has 2 heterocycles. The Labute approximate surface area is 143 Å². The molecule has 1 aromatic heterocycles. The lowest BCUT2D eigenvalue weighted by molar-refractivity contribution is 0.00205. The van der Waals surface area contributed by atoms with E-state index in [-0.39, 0.29) is 18.0 Å². The van der Waals surface area contributed by atoms with E-state index in [4.69, 9.17) is 4.74 Å². The van der Waals surface area contributed by atoms with Gasteiger partial charge in [0.05, 0.1) is 4.88 Å². The molecule has 5 nitrogen and oxygen atoms in total. The molecular formula is C15H21BrN2O3S. The molecular weight excluding hydrogens is 368 g/mol. The van der Waals surface area contributed by atoms with E-state index in [1.54, 1.807) is 9.80 Å². The van der Waals surface area contributed by atoms with E-state index < -0.39 is 5.60 Å². The Bertz CT molecular complexity index is 567. The van der Waals surface area contributed by atoms with E-state index in [1.807, 2.05) is 39.1 Å². The second-order valence-electron chi connectivity index (χ2n) is 6.40. The maximum absolute atomic E-state index is 12.4. The van der Waals surface area contributed by atoms with Crippen LogP contribution in [0.15, 0.2) is 15.9 Å². The minimum absolute atomic E-state index is 0.0198. The molecule has 7 heteroatoms. The molecule has 0 aromatic carbocycles. The van der Waals surface area contributed by atoms with Crippen molar-refractivity contribution in [1.29, 1.82) is 0 Å². The third-order valence-electron chi connectivity index (χ3n) is 3.32. The van der Waals surface area contributed by atoms with Gasteiger partial charge in [0.2, 0.25) is 0 Å². The first-order chi connectivity index (χ1) is 10.2. The lowest BCUT2D eigenvalue weighted by atomic mass is 10.2. The second-order valence-corrected chi connectivity index (χ2v) is 8.23. The summed E-state index contributed by atoms with van der Waals surface area (Å²) in [6.07, 6.45) is -0.314. The molecule has 122 valence electrons. The molecule has 1 aliphatic heterocycles. The fraction of sp³-hybridized carbons (Fsp3) is 0.600.